The van der Waals surface area contributed by atoms with Crippen LogP contribution in [0.4, 0.5) is 0 Å². The molecular weight excluding hydrogens is 168 g/mol. The van der Waals surface area contributed by atoms with E-state index in [4.69, 9.17) is 0 Å². The molecule has 14 heavy (non-hydrogen) atoms. The van der Waals surface area contributed by atoms with Crippen molar-refractivity contribution in [2.45, 2.75) is 12.8 Å². The van der Waals surface area contributed by atoms with E-state index in [1.54, 1.807) is 0 Å². The van der Waals surface area contributed by atoms with Gasteiger partial charge in [-0.15, -0.1) is 0 Å². The minimum absolute atomic E-state index is 1.17. The van der Waals surface area contributed by atoms with Crippen LogP contribution in [0, 0.1) is 6.07 Å². The zero-order valence-corrected chi connectivity index (χ0v) is 7.96. The Morgan fingerprint density at radius 3 is 2.57 bits per heavy atom. The molecule has 1 aliphatic carbocycles. The van der Waals surface area contributed by atoms with Gasteiger partial charge in [0.05, 0.1) is 0 Å². The molecule has 3 rings (SSSR count). The van der Waals surface area contributed by atoms with Crippen molar-refractivity contribution in [3.8, 4) is 11.1 Å². The largest absolute Gasteiger partial charge is 0.0620 e. The van der Waals surface area contributed by atoms with E-state index in [9.17, 15) is 0 Å². The van der Waals surface area contributed by atoms with Crippen molar-refractivity contribution in [3.05, 3.63) is 59.7 Å². The molecule has 0 aliphatic heterocycles. The van der Waals surface area contributed by atoms with Crippen molar-refractivity contribution in [2.24, 2.45) is 0 Å². The molecule has 67 valence electrons. The summed E-state index contributed by atoms with van der Waals surface area (Å²) in [6, 6.07) is 18.1. The fraction of sp³-hybridized carbons (Fsp3) is 0.143. The molecule has 0 saturated carbocycles. The van der Waals surface area contributed by atoms with Crippen LogP contribution in [-0.2, 0) is 12.8 Å². The number of benzene rings is 2. The molecule has 0 atom stereocenters. The third kappa shape index (κ3) is 1.07. The normalized spacial score (nSPS) is 13.1. The summed E-state index contributed by atoms with van der Waals surface area (Å²) >= 11 is 0. The van der Waals surface area contributed by atoms with Crippen LogP contribution in [0.3, 0.4) is 0 Å². The van der Waals surface area contributed by atoms with Gasteiger partial charge in [0.15, 0.2) is 0 Å². The summed E-state index contributed by atoms with van der Waals surface area (Å²) in [5, 5.41) is 0. The first-order valence-electron chi connectivity index (χ1n) is 5.02. The predicted molar refractivity (Wildman–Crippen MR) is 58.1 cm³/mol. The highest BCUT2D eigenvalue weighted by Gasteiger charge is 2.13. The van der Waals surface area contributed by atoms with Gasteiger partial charge in [0.25, 0.3) is 0 Å². The van der Waals surface area contributed by atoms with Crippen molar-refractivity contribution >= 4 is 0 Å². The molecule has 2 aromatic carbocycles. The Bertz CT molecular complexity index is 423. The maximum Gasteiger partial charge on any atom is -0.0143 e. The van der Waals surface area contributed by atoms with E-state index in [0.717, 1.165) is 0 Å². The highest BCUT2D eigenvalue weighted by Crippen LogP contribution is 2.32. The van der Waals surface area contributed by atoms with E-state index < -0.39 is 0 Å². The predicted octanol–water partition coefficient (Wildman–Crippen LogP) is 3.25. The van der Waals surface area contributed by atoms with Gasteiger partial charge in [0, 0.05) is 0 Å². The van der Waals surface area contributed by atoms with Gasteiger partial charge < -0.3 is 0 Å². The average Bonchev–Trinajstić information content (AvgIpc) is 2.29. The van der Waals surface area contributed by atoms with Crippen LogP contribution in [0.2, 0.25) is 0 Å². The van der Waals surface area contributed by atoms with Crippen molar-refractivity contribution < 1.29 is 0 Å². The molecule has 0 heteroatoms. The number of fused-ring (bicyclic) bond motifs is 3. The molecule has 0 spiro atoms. The molecule has 0 nitrogen and oxygen atoms in total. The molecule has 0 N–H and O–H groups in total. The zero-order chi connectivity index (χ0) is 9.38. The fourth-order valence-electron chi connectivity index (χ4n) is 2.20. The van der Waals surface area contributed by atoms with Crippen molar-refractivity contribution in [2.75, 3.05) is 0 Å². The van der Waals surface area contributed by atoms with E-state index in [1.165, 1.54) is 35.1 Å². The first kappa shape index (κ1) is 7.81. The molecule has 1 radical (unpaired) electrons. The summed E-state index contributed by atoms with van der Waals surface area (Å²) in [5.74, 6) is 0. The molecule has 0 heterocycles. The second kappa shape index (κ2) is 2.98. The standard InChI is InChI=1S/C14H11/c1-3-7-13-11(5-1)9-10-12-6-2-4-8-14(12)13/h1-3,5-8H,9-10H2. The first-order valence-corrected chi connectivity index (χ1v) is 5.02. The summed E-state index contributed by atoms with van der Waals surface area (Å²) < 4.78 is 0. The van der Waals surface area contributed by atoms with Gasteiger partial charge in [0.2, 0.25) is 0 Å². The van der Waals surface area contributed by atoms with Gasteiger partial charge in [-0.25, -0.2) is 0 Å². The lowest BCUT2D eigenvalue weighted by atomic mass is 9.86. The van der Waals surface area contributed by atoms with Gasteiger partial charge in [-0.3, -0.25) is 0 Å². The Labute approximate surface area is 84.2 Å². The average molecular weight is 179 g/mol. The Hall–Kier alpha value is -1.56. The Balaban J connectivity index is 2.29. The molecule has 0 fully saturated rings. The molecule has 2 aromatic rings. The number of hydrogen-bond donors (Lipinski definition) is 0. The quantitative estimate of drug-likeness (QED) is 0.582. The Morgan fingerprint density at radius 1 is 0.857 bits per heavy atom. The van der Waals surface area contributed by atoms with Crippen LogP contribution in [0.1, 0.15) is 11.1 Å². The van der Waals surface area contributed by atoms with Crippen LogP contribution < -0.4 is 0 Å². The second-order valence-electron chi connectivity index (χ2n) is 3.74. The van der Waals surface area contributed by atoms with Gasteiger partial charge in [-0.2, -0.15) is 0 Å². The fourth-order valence-corrected chi connectivity index (χ4v) is 2.20. The van der Waals surface area contributed by atoms with E-state index >= 15 is 0 Å². The highest BCUT2D eigenvalue weighted by atomic mass is 14.2. The van der Waals surface area contributed by atoms with Crippen LogP contribution in [0.5, 0.6) is 0 Å². The number of aryl methyl sites for hydroxylation is 2. The lowest BCUT2D eigenvalue weighted by Crippen LogP contribution is -2.02. The van der Waals surface area contributed by atoms with Gasteiger partial charge in [-0.1, -0.05) is 36.4 Å². The van der Waals surface area contributed by atoms with E-state index in [1.807, 2.05) is 6.07 Å². The van der Waals surface area contributed by atoms with Gasteiger partial charge in [-0.05, 0) is 47.2 Å². The smallest absolute Gasteiger partial charge is 0.0143 e. The Kier molecular flexibility index (Phi) is 1.66. The van der Waals surface area contributed by atoms with Crippen molar-refractivity contribution in [3.63, 3.8) is 0 Å². The summed E-state index contributed by atoms with van der Waals surface area (Å²) in [7, 11) is 0. The van der Waals surface area contributed by atoms with Crippen LogP contribution in [-0.4, -0.2) is 0 Å². The van der Waals surface area contributed by atoms with E-state index in [-0.39, 0.29) is 0 Å². The SMILES string of the molecule is [c]1ccc2c(c1)-c1ccccc1CC2. The Morgan fingerprint density at radius 2 is 1.64 bits per heavy atom. The summed E-state index contributed by atoms with van der Waals surface area (Å²) in [4.78, 5) is 0. The molecule has 0 bridgehead atoms. The molecule has 0 unspecified atom stereocenters. The third-order valence-corrected chi connectivity index (χ3v) is 2.93. The second-order valence-corrected chi connectivity index (χ2v) is 3.74. The van der Waals surface area contributed by atoms with Crippen molar-refractivity contribution in [1.29, 1.82) is 0 Å². The van der Waals surface area contributed by atoms with Crippen molar-refractivity contribution in [1.82, 2.24) is 0 Å². The van der Waals surface area contributed by atoms with Crippen LogP contribution in [0.25, 0.3) is 11.1 Å². The highest BCUT2D eigenvalue weighted by molar-refractivity contribution is 5.72. The third-order valence-electron chi connectivity index (χ3n) is 2.93. The number of hydrogen-bond acceptors (Lipinski definition) is 0. The molecule has 0 amide bonds. The lowest BCUT2D eigenvalue weighted by molar-refractivity contribution is 0.942. The minimum Gasteiger partial charge on any atom is -0.0620 e. The van der Waals surface area contributed by atoms with E-state index in [0.29, 0.717) is 0 Å². The lowest BCUT2D eigenvalue weighted by Gasteiger charge is -2.18. The maximum atomic E-state index is 3.16. The molecule has 1 aliphatic rings. The monoisotopic (exact) mass is 179 g/mol. The molecular formula is C14H11. The molecule has 0 saturated heterocycles. The summed E-state index contributed by atoms with van der Waals surface area (Å²) in [6.07, 6.45) is 2.34. The minimum atomic E-state index is 1.17. The maximum absolute atomic E-state index is 3.16. The van der Waals surface area contributed by atoms with Crippen LogP contribution in [0.15, 0.2) is 42.5 Å². The van der Waals surface area contributed by atoms with Gasteiger partial charge in [0.1, 0.15) is 0 Å². The summed E-state index contributed by atoms with van der Waals surface area (Å²) in [5.41, 5.74) is 5.70. The van der Waals surface area contributed by atoms with Gasteiger partial charge >= 0.3 is 0 Å². The molecule has 0 aromatic heterocycles. The zero-order valence-electron chi connectivity index (χ0n) is 7.96. The number of rotatable bonds is 0. The van der Waals surface area contributed by atoms with Crippen LogP contribution >= 0.6 is 0 Å². The first-order chi connectivity index (χ1) is 6.95. The summed E-state index contributed by atoms with van der Waals surface area (Å²) in [6.45, 7) is 0. The van der Waals surface area contributed by atoms with E-state index in [2.05, 4.69) is 42.5 Å². The topological polar surface area (TPSA) is 0 Å².